The Kier molecular flexibility index (Phi) is 3.51. The second-order valence-electron chi connectivity index (χ2n) is 2.97. The lowest BCUT2D eigenvalue weighted by molar-refractivity contribution is 0.756. The smallest absolute Gasteiger partial charge is 0.198 e. The highest BCUT2D eigenvalue weighted by Gasteiger charge is 2.07. The fourth-order valence-corrected chi connectivity index (χ4v) is 1.92. The molecule has 1 aromatic heterocycles. The summed E-state index contributed by atoms with van der Waals surface area (Å²) in [4.78, 5) is 0. The van der Waals surface area contributed by atoms with E-state index in [0.29, 0.717) is 17.3 Å². The predicted octanol–water partition coefficient (Wildman–Crippen LogP) is 1.67. The molecule has 1 heterocycles. The summed E-state index contributed by atoms with van der Waals surface area (Å²) in [5, 5.41) is 20.6. The topological polar surface area (TPSA) is 67.4 Å². The Balaban J connectivity index is 2.17. The van der Waals surface area contributed by atoms with Crippen LogP contribution in [0.1, 0.15) is 6.42 Å². The molecule has 0 spiro atoms. The van der Waals surface area contributed by atoms with Crippen LogP contribution in [0.4, 0.5) is 0 Å². The van der Waals surface area contributed by atoms with Gasteiger partial charge in [0.15, 0.2) is 0 Å². The molecule has 0 atom stereocenters. The molecule has 16 heavy (non-hydrogen) atoms. The highest BCUT2D eigenvalue weighted by atomic mass is 32.2. The fourth-order valence-electron chi connectivity index (χ4n) is 1.19. The Bertz CT molecular complexity index is 487. The molecular formula is C10H9N5S. The van der Waals surface area contributed by atoms with E-state index in [1.807, 2.05) is 30.3 Å². The van der Waals surface area contributed by atoms with Crippen LogP contribution in [0.15, 0.2) is 35.5 Å². The number of nitriles is 1. The maximum Gasteiger partial charge on any atom is 0.214 e. The minimum atomic E-state index is 0.492. The Morgan fingerprint density at radius 2 is 2.12 bits per heavy atom. The molecule has 0 saturated heterocycles. The minimum Gasteiger partial charge on any atom is -0.198 e. The molecule has 1 aromatic carbocycles. The Morgan fingerprint density at radius 3 is 2.88 bits per heavy atom. The molecule has 5 nitrogen and oxygen atoms in total. The van der Waals surface area contributed by atoms with Gasteiger partial charge in [-0.05, 0) is 22.6 Å². The third-order valence-corrected chi connectivity index (χ3v) is 2.81. The number of benzene rings is 1. The highest BCUT2D eigenvalue weighted by molar-refractivity contribution is 7.99. The molecule has 2 rings (SSSR count). The average molecular weight is 231 g/mol. The minimum absolute atomic E-state index is 0.492. The number of nitrogens with zero attached hydrogens (tertiary/aromatic N) is 5. The number of hydrogen-bond donors (Lipinski definition) is 0. The normalized spacial score (nSPS) is 9.94. The van der Waals surface area contributed by atoms with Crippen LogP contribution in [0, 0.1) is 11.3 Å². The lowest BCUT2D eigenvalue weighted by Crippen LogP contribution is -1.98. The van der Waals surface area contributed by atoms with Gasteiger partial charge in [0.1, 0.15) is 0 Å². The van der Waals surface area contributed by atoms with Crippen LogP contribution in [0.3, 0.4) is 0 Å². The zero-order valence-corrected chi connectivity index (χ0v) is 9.26. The van der Waals surface area contributed by atoms with E-state index in [1.165, 1.54) is 11.8 Å². The van der Waals surface area contributed by atoms with Gasteiger partial charge in [-0.3, -0.25) is 0 Å². The number of rotatable bonds is 4. The van der Waals surface area contributed by atoms with Crippen LogP contribution < -0.4 is 0 Å². The van der Waals surface area contributed by atoms with Crippen LogP contribution in [0.2, 0.25) is 0 Å². The van der Waals surface area contributed by atoms with Crippen molar-refractivity contribution in [1.29, 1.82) is 5.26 Å². The number of para-hydroxylation sites is 1. The molecule has 2 aromatic rings. The van der Waals surface area contributed by atoms with Crippen LogP contribution in [0.25, 0.3) is 5.69 Å². The second-order valence-corrected chi connectivity index (χ2v) is 4.03. The van der Waals surface area contributed by atoms with E-state index in [-0.39, 0.29) is 0 Å². The van der Waals surface area contributed by atoms with Crippen molar-refractivity contribution < 1.29 is 0 Å². The Morgan fingerprint density at radius 1 is 1.31 bits per heavy atom. The standard InChI is InChI=1S/C10H9N5S/c11-7-4-8-16-10-12-13-14-15(10)9-5-2-1-3-6-9/h1-3,5-6H,4,8H2. The maximum atomic E-state index is 8.46. The molecule has 0 radical (unpaired) electrons. The summed E-state index contributed by atoms with van der Waals surface area (Å²) in [5.74, 6) is 0.698. The van der Waals surface area contributed by atoms with Gasteiger partial charge in [-0.1, -0.05) is 30.0 Å². The van der Waals surface area contributed by atoms with Crippen molar-refractivity contribution in [3.05, 3.63) is 30.3 Å². The predicted molar refractivity (Wildman–Crippen MR) is 60.1 cm³/mol. The van der Waals surface area contributed by atoms with Gasteiger partial charge in [-0.25, -0.2) is 0 Å². The lowest BCUT2D eigenvalue weighted by Gasteiger charge is -2.01. The molecule has 80 valence electrons. The van der Waals surface area contributed by atoms with Crippen molar-refractivity contribution in [3.63, 3.8) is 0 Å². The maximum absolute atomic E-state index is 8.46. The van der Waals surface area contributed by atoms with Gasteiger partial charge in [0, 0.05) is 12.2 Å². The summed E-state index contributed by atoms with van der Waals surface area (Å²) in [7, 11) is 0. The number of hydrogen-bond acceptors (Lipinski definition) is 5. The number of aromatic nitrogens is 4. The molecule has 0 bridgehead atoms. The third-order valence-electron chi connectivity index (χ3n) is 1.89. The first kappa shape index (κ1) is 10.6. The first-order chi connectivity index (χ1) is 7.92. The molecular weight excluding hydrogens is 222 g/mol. The Hall–Kier alpha value is -1.87. The van der Waals surface area contributed by atoms with E-state index in [9.17, 15) is 0 Å². The highest BCUT2D eigenvalue weighted by Crippen LogP contribution is 2.18. The van der Waals surface area contributed by atoms with Crippen LogP contribution in [-0.2, 0) is 0 Å². The zero-order valence-electron chi connectivity index (χ0n) is 8.45. The molecule has 0 aliphatic rings. The Labute approximate surface area is 97.1 Å². The average Bonchev–Trinajstić information content (AvgIpc) is 2.79. The summed E-state index contributed by atoms with van der Waals surface area (Å²) < 4.78 is 1.67. The molecule has 0 unspecified atom stereocenters. The zero-order chi connectivity index (χ0) is 11.2. The molecule has 6 heteroatoms. The van der Waals surface area contributed by atoms with E-state index >= 15 is 0 Å². The van der Waals surface area contributed by atoms with Gasteiger partial charge in [-0.2, -0.15) is 9.94 Å². The van der Waals surface area contributed by atoms with Crippen molar-refractivity contribution in [1.82, 2.24) is 20.2 Å². The molecule has 0 aliphatic carbocycles. The van der Waals surface area contributed by atoms with Crippen LogP contribution in [0.5, 0.6) is 0 Å². The van der Waals surface area contributed by atoms with Crippen LogP contribution >= 0.6 is 11.8 Å². The molecule has 0 N–H and O–H groups in total. The SMILES string of the molecule is N#CCCSc1nnnn1-c1ccccc1. The summed E-state index contributed by atoms with van der Waals surface area (Å²) in [5.41, 5.74) is 0.923. The van der Waals surface area contributed by atoms with E-state index in [2.05, 4.69) is 21.6 Å². The summed E-state index contributed by atoms with van der Waals surface area (Å²) in [6, 6.07) is 11.8. The van der Waals surface area contributed by atoms with E-state index in [1.54, 1.807) is 4.68 Å². The van der Waals surface area contributed by atoms with Crippen molar-refractivity contribution in [2.75, 3.05) is 5.75 Å². The lowest BCUT2D eigenvalue weighted by atomic mass is 10.3. The largest absolute Gasteiger partial charge is 0.214 e. The van der Waals surface area contributed by atoms with E-state index in [4.69, 9.17) is 5.26 Å². The quantitative estimate of drug-likeness (QED) is 0.591. The third kappa shape index (κ3) is 2.38. The van der Waals surface area contributed by atoms with Crippen molar-refractivity contribution in [3.8, 4) is 11.8 Å². The molecule has 0 saturated carbocycles. The number of tetrazole rings is 1. The number of thioether (sulfide) groups is 1. The second kappa shape index (κ2) is 5.28. The van der Waals surface area contributed by atoms with Gasteiger partial charge in [-0.15, -0.1) is 5.10 Å². The van der Waals surface area contributed by atoms with Crippen molar-refractivity contribution in [2.24, 2.45) is 0 Å². The summed E-state index contributed by atoms with van der Waals surface area (Å²) >= 11 is 1.48. The molecule has 0 fully saturated rings. The van der Waals surface area contributed by atoms with Gasteiger partial charge in [0.05, 0.1) is 11.8 Å². The first-order valence-electron chi connectivity index (χ1n) is 4.75. The fraction of sp³-hybridized carbons (Fsp3) is 0.200. The van der Waals surface area contributed by atoms with Gasteiger partial charge in [0.2, 0.25) is 5.16 Å². The molecule has 0 aliphatic heterocycles. The van der Waals surface area contributed by atoms with E-state index in [0.717, 1.165) is 5.69 Å². The van der Waals surface area contributed by atoms with Gasteiger partial charge >= 0.3 is 0 Å². The monoisotopic (exact) mass is 231 g/mol. The summed E-state index contributed by atoms with van der Waals surface area (Å²) in [6.45, 7) is 0. The summed E-state index contributed by atoms with van der Waals surface area (Å²) in [6.07, 6.45) is 0.492. The first-order valence-corrected chi connectivity index (χ1v) is 5.74. The van der Waals surface area contributed by atoms with Crippen molar-refractivity contribution in [2.45, 2.75) is 11.6 Å². The van der Waals surface area contributed by atoms with E-state index < -0.39 is 0 Å². The van der Waals surface area contributed by atoms with Crippen molar-refractivity contribution >= 4 is 11.8 Å². The van der Waals surface area contributed by atoms with Crippen LogP contribution in [-0.4, -0.2) is 26.0 Å². The van der Waals surface area contributed by atoms with Gasteiger partial charge < -0.3 is 0 Å². The van der Waals surface area contributed by atoms with Gasteiger partial charge in [0.25, 0.3) is 0 Å². The molecule has 0 amide bonds.